The summed E-state index contributed by atoms with van der Waals surface area (Å²) in [5.74, 6) is -0.396. The number of carbonyl (C=O) groups is 1. The van der Waals surface area contributed by atoms with Crippen molar-refractivity contribution in [2.24, 2.45) is 0 Å². The maximum absolute atomic E-state index is 13.2. The third-order valence-electron chi connectivity index (χ3n) is 5.00. The molecular formula is C23H21FN2O. The van der Waals surface area contributed by atoms with Crippen LogP contribution in [0.4, 0.5) is 4.39 Å². The molecule has 3 aromatic rings. The maximum Gasteiger partial charge on any atom is 0.254 e. The first kappa shape index (κ1) is 17.4. The van der Waals surface area contributed by atoms with Crippen molar-refractivity contribution in [1.82, 2.24) is 9.88 Å². The van der Waals surface area contributed by atoms with Crippen molar-refractivity contribution in [2.45, 2.75) is 25.3 Å². The molecule has 136 valence electrons. The normalized spacial score (nSPS) is 16.5. The molecule has 0 saturated carbocycles. The molecular weight excluding hydrogens is 339 g/mol. The van der Waals surface area contributed by atoms with Gasteiger partial charge < -0.3 is 4.90 Å². The second kappa shape index (κ2) is 7.70. The summed E-state index contributed by atoms with van der Waals surface area (Å²) in [6.07, 6.45) is 2.62. The van der Waals surface area contributed by atoms with Gasteiger partial charge in [0.05, 0.1) is 11.7 Å². The zero-order valence-electron chi connectivity index (χ0n) is 15.0. The Bertz CT molecular complexity index is 925. The van der Waals surface area contributed by atoms with Crippen molar-refractivity contribution >= 4 is 5.91 Å². The third kappa shape index (κ3) is 3.90. The van der Waals surface area contributed by atoms with Gasteiger partial charge in [-0.15, -0.1) is 0 Å². The number of hydrogen-bond donors (Lipinski definition) is 0. The topological polar surface area (TPSA) is 33.2 Å². The zero-order chi connectivity index (χ0) is 18.6. The van der Waals surface area contributed by atoms with Crippen LogP contribution in [0.5, 0.6) is 0 Å². The minimum atomic E-state index is -0.334. The van der Waals surface area contributed by atoms with E-state index in [1.165, 1.54) is 17.7 Å². The van der Waals surface area contributed by atoms with E-state index >= 15 is 0 Å². The van der Waals surface area contributed by atoms with E-state index in [0.717, 1.165) is 30.7 Å². The summed E-state index contributed by atoms with van der Waals surface area (Å²) in [4.78, 5) is 19.6. The average molecular weight is 360 g/mol. The molecule has 1 aliphatic rings. The fourth-order valence-electron chi connectivity index (χ4n) is 3.66. The highest BCUT2D eigenvalue weighted by Gasteiger charge is 2.31. The van der Waals surface area contributed by atoms with Crippen LogP contribution in [0.25, 0.3) is 0 Å². The molecule has 1 aliphatic heterocycles. The predicted molar refractivity (Wildman–Crippen MR) is 103 cm³/mol. The molecule has 2 aromatic carbocycles. The van der Waals surface area contributed by atoms with Crippen LogP contribution in [0, 0.1) is 5.82 Å². The SMILES string of the molecule is O=C(c1ccc(F)cc1)N1CCCC1c1cccc(Cc2ccccc2)n1. The lowest BCUT2D eigenvalue weighted by atomic mass is 10.1. The summed E-state index contributed by atoms with van der Waals surface area (Å²) in [7, 11) is 0. The number of carbonyl (C=O) groups excluding carboxylic acids is 1. The Balaban J connectivity index is 1.56. The molecule has 1 atom stereocenters. The van der Waals surface area contributed by atoms with Crippen LogP contribution >= 0.6 is 0 Å². The lowest BCUT2D eigenvalue weighted by Gasteiger charge is -2.25. The highest BCUT2D eigenvalue weighted by atomic mass is 19.1. The lowest BCUT2D eigenvalue weighted by molar-refractivity contribution is 0.0732. The van der Waals surface area contributed by atoms with Crippen LogP contribution in [0.2, 0.25) is 0 Å². The Hall–Kier alpha value is -3.01. The van der Waals surface area contributed by atoms with Gasteiger partial charge >= 0.3 is 0 Å². The van der Waals surface area contributed by atoms with E-state index in [-0.39, 0.29) is 17.8 Å². The molecule has 2 heterocycles. The molecule has 1 amide bonds. The number of halogens is 1. The Labute approximate surface area is 158 Å². The van der Waals surface area contributed by atoms with Crippen LogP contribution in [0.3, 0.4) is 0 Å². The van der Waals surface area contributed by atoms with E-state index in [1.807, 2.05) is 41.3 Å². The molecule has 1 saturated heterocycles. The van der Waals surface area contributed by atoms with Gasteiger partial charge in [-0.25, -0.2) is 4.39 Å². The van der Waals surface area contributed by atoms with Crippen molar-refractivity contribution in [3.05, 3.63) is 101 Å². The molecule has 1 fully saturated rings. The molecule has 27 heavy (non-hydrogen) atoms. The van der Waals surface area contributed by atoms with Crippen molar-refractivity contribution in [3.8, 4) is 0 Å². The van der Waals surface area contributed by atoms with E-state index in [9.17, 15) is 9.18 Å². The molecule has 0 radical (unpaired) electrons. The molecule has 4 heteroatoms. The number of rotatable bonds is 4. The average Bonchev–Trinajstić information content (AvgIpc) is 3.19. The number of pyridine rings is 1. The fourth-order valence-corrected chi connectivity index (χ4v) is 3.66. The monoisotopic (exact) mass is 360 g/mol. The second-order valence-electron chi connectivity index (χ2n) is 6.88. The highest BCUT2D eigenvalue weighted by molar-refractivity contribution is 5.94. The number of nitrogens with zero attached hydrogens (tertiary/aromatic N) is 2. The van der Waals surface area contributed by atoms with Gasteiger partial charge in [0.2, 0.25) is 0 Å². The number of hydrogen-bond acceptors (Lipinski definition) is 2. The van der Waals surface area contributed by atoms with Crippen LogP contribution in [-0.4, -0.2) is 22.3 Å². The molecule has 0 aliphatic carbocycles. The van der Waals surface area contributed by atoms with Crippen LogP contribution < -0.4 is 0 Å². The molecule has 0 bridgehead atoms. The van der Waals surface area contributed by atoms with Gasteiger partial charge in [0.1, 0.15) is 5.82 Å². The second-order valence-corrected chi connectivity index (χ2v) is 6.88. The first-order chi connectivity index (χ1) is 13.2. The molecule has 0 spiro atoms. The predicted octanol–water partition coefficient (Wildman–Crippen LogP) is 4.79. The standard InChI is InChI=1S/C23H21FN2O/c24-19-13-11-18(12-14-19)23(27)26-15-5-10-22(26)21-9-4-8-20(25-21)16-17-6-2-1-3-7-17/h1-4,6-9,11-14,22H,5,10,15-16H2. The molecule has 4 rings (SSSR count). The smallest absolute Gasteiger partial charge is 0.254 e. The van der Waals surface area contributed by atoms with Crippen molar-refractivity contribution in [2.75, 3.05) is 6.54 Å². The molecule has 1 aromatic heterocycles. The van der Waals surface area contributed by atoms with Crippen molar-refractivity contribution in [1.29, 1.82) is 0 Å². The summed E-state index contributed by atoms with van der Waals surface area (Å²) in [6.45, 7) is 0.700. The summed E-state index contributed by atoms with van der Waals surface area (Å²) in [5.41, 5.74) is 3.66. The van der Waals surface area contributed by atoms with Crippen LogP contribution in [0.15, 0.2) is 72.8 Å². The van der Waals surface area contributed by atoms with Gasteiger partial charge in [0.25, 0.3) is 5.91 Å². The molecule has 3 nitrogen and oxygen atoms in total. The van der Waals surface area contributed by atoms with Gasteiger partial charge in [0, 0.05) is 24.2 Å². The minimum Gasteiger partial charge on any atom is -0.330 e. The number of benzene rings is 2. The van der Waals surface area contributed by atoms with E-state index in [4.69, 9.17) is 4.98 Å². The summed E-state index contributed by atoms with van der Waals surface area (Å²) in [6, 6.07) is 22.0. The Kier molecular flexibility index (Phi) is 4.97. The minimum absolute atomic E-state index is 0.0294. The molecule has 0 N–H and O–H groups in total. The maximum atomic E-state index is 13.2. The highest BCUT2D eigenvalue weighted by Crippen LogP contribution is 2.32. The number of likely N-dealkylation sites (tertiary alicyclic amines) is 1. The van der Waals surface area contributed by atoms with Gasteiger partial charge in [-0.05, 0) is 54.8 Å². The largest absolute Gasteiger partial charge is 0.330 e. The zero-order valence-corrected chi connectivity index (χ0v) is 15.0. The summed E-state index contributed by atoms with van der Waals surface area (Å²) >= 11 is 0. The third-order valence-corrected chi connectivity index (χ3v) is 5.00. The van der Waals surface area contributed by atoms with E-state index < -0.39 is 0 Å². The van der Waals surface area contributed by atoms with Crippen molar-refractivity contribution in [3.63, 3.8) is 0 Å². The Morgan fingerprint density at radius 2 is 1.78 bits per heavy atom. The van der Waals surface area contributed by atoms with Crippen molar-refractivity contribution < 1.29 is 9.18 Å². The summed E-state index contributed by atoms with van der Waals surface area (Å²) < 4.78 is 13.2. The van der Waals surface area contributed by atoms with Crippen LogP contribution in [0.1, 0.15) is 46.2 Å². The number of amides is 1. The Morgan fingerprint density at radius 3 is 2.56 bits per heavy atom. The first-order valence-electron chi connectivity index (χ1n) is 9.27. The van der Waals surface area contributed by atoms with Gasteiger partial charge in [-0.2, -0.15) is 0 Å². The fraction of sp³-hybridized carbons (Fsp3) is 0.217. The van der Waals surface area contributed by atoms with E-state index in [0.29, 0.717) is 12.1 Å². The number of aromatic nitrogens is 1. The lowest BCUT2D eigenvalue weighted by Crippen LogP contribution is -2.31. The molecule has 1 unspecified atom stereocenters. The summed E-state index contributed by atoms with van der Waals surface area (Å²) in [5, 5.41) is 0. The van der Waals surface area contributed by atoms with Gasteiger partial charge in [0.15, 0.2) is 0 Å². The van der Waals surface area contributed by atoms with Gasteiger partial charge in [-0.3, -0.25) is 9.78 Å². The van der Waals surface area contributed by atoms with Crippen LogP contribution in [-0.2, 0) is 6.42 Å². The first-order valence-corrected chi connectivity index (χ1v) is 9.27. The Morgan fingerprint density at radius 1 is 1.00 bits per heavy atom. The quantitative estimate of drug-likeness (QED) is 0.670. The van der Waals surface area contributed by atoms with E-state index in [2.05, 4.69) is 12.1 Å². The van der Waals surface area contributed by atoms with Gasteiger partial charge in [-0.1, -0.05) is 36.4 Å². The van der Waals surface area contributed by atoms with E-state index in [1.54, 1.807) is 12.1 Å².